The number of aliphatic hydroxyl groups is 1. The fraction of sp³-hybridized carbons (Fsp3) is 0.429. The monoisotopic (exact) mass is 245 g/mol. The summed E-state index contributed by atoms with van der Waals surface area (Å²) in [6.07, 6.45) is 6.26. The summed E-state index contributed by atoms with van der Waals surface area (Å²) >= 11 is 0. The number of aliphatic hydroxyl groups excluding tert-OH is 1. The normalized spacial score (nSPS) is 12.9. The van der Waals surface area contributed by atoms with Crippen LogP contribution in [0.15, 0.2) is 36.8 Å². The Morgan fingerprint density at radius 3 is 2.72 bits per heavy atom. The minimum Gasteiger partial charge on any atom is -0.392 e. The molecule has 0 amide bonds. The smallest absolute Gasteiger partial charge is 0.0650 e. The summed E-state index contributed by atoms with van der Waals surface area (Å²) in [5.74, 6) is 0. The third kappa shape index (κ3) is 3.40. The van der Waals surface area contributed by atoms with Gasteiger partial charge in [0.25, 0.3) is 0 Å². The molecule has 0 aliphatic carbocycles. The molecule has 0 saturated carbocycles. The molecule has 2 rings (SSSR count). The summed E-state index contributed by atoms with van der Waals surface area (Å²) in [6, 6.07) is 6.18. The van der Waals surface area contributed by atoms with E-state index in [1.54, 1.807) is 12.4 Å². The van der Waals surface area contributed by atoms with Crippen molar-refractivity contribution in [1.29, 1.82) is 0 Å². The van der Waals surface area contributed by atoms with Crippen molar-refractivity contribution in [2.24, 2.45) is 0 Å². The molecule has 0 aliphatic heterocycles. The van der Waals surface area contributed by atoms with E-state index in [1.807, 2.05) is 29.1 Å². The molecule has 2 aromatic heterocycles. The van der Waals surface area contributed by atoms with E-state index in [0.717, 1.165) is 11.3 Å². The van der Waals surface area contributed by atoms with Gasteiger partial charge in [0, 0.05) is 37.5 Å². The van der Waals surface area contributed by atoms with Gasteiger partial charge in [-0.25, -0.2) is 0 Å². The average molecular weight is 245 g/mol. The lowest BCUT2D eigenvalue weighted by molar-refractivity contribution is 0.173. The molecule has 0 bridgehead atoms. The van der Waals surface area contributed by atoms with E-state index in [4.69, 9.17) is 0 Å². The number of hydrogen-bond donors (Lipinski definition) is 1. The van der Waals surface area contributed by atoms with E-state index >= 15 is 0 Å². The number of hydrogen-bond acceptors (Lipinski definition) is 3. The summed E-state index contributed by atoms with van der Waals surface area (Å²) in [5, 5.41) is 14.5. The second kappa shape index (κ2) is 5.78. The number of pyridine rings is 1. The van der Waals surface area contributed by atoms with Gasteiger partial charge in [0.1, 0.15) is 0 Å². The second-order valence-electron chi connectivity index (χ2n) is 4.80. The van der Waals surface area contributed by atoms with Crippen LogP contribution in [0.1, 0.15) is 31.1 Å². The minimum absolute atomic E-state index is 0.356. The van der Waals surface area contributed by atoms with Gasteiger partial charge in [-0.3, -0.25) is 9.67 Å². The molecule has 0 fully saturated rings. The molecule has 0 radical (unpaired) electrons. The lowest BCUT2D eigenvalue weighted by Gasteiger charge is -2.09. The number of nitrogens with zero attached hydrogens (tertiary/aromatic N) is 3. The van der Waals surface area contributed by atoms with E-state index in [0.29, 0.717) is 18.9 Å². The highest BCUT2D eigenvalue weighted by atomic mass is 16.3. The number of aromatic nitrogens is 3. The van der Waals surface area contributed by atoms with Gasteiger partial charge >= 0.3 is 0 Å². The van der Waals surface area contributed by atoms with Crippen LogP contribution < -0.4 is 0 Å². The first kappa shape index (κ1) is 12.8. The van der Waals surface area contributed by atoms with Crippen LogP contribution in [0, 0.1) is 0 Å². The van der Waals surface area contributed by atoms with Crippen molar-refractivity contribution in [2.45, 2.75) is 38.8 Å². The molecule has 1 atom stereocenters. The van der Waals surface area contributed by atoms with Gasteiger partial charge in [-0.1, -0.05) is 6.07 Å². The largest absolute Gasteiger partial charge is 0.392 e. The highest BCUT2D eigenvalue weighted by Gasteiger charge is 2.10. The highest BCUT2D eigenvalue weighted by Crippen LogP contribution is 2.09. The van der Waals surface area contributed by atoms with Crippen molar-refractivity contribution in [2.75, 3.05) is 0 Å². The quantitative estimate of drug-likeness (QED) is 0.876. The molecule has 1 N–H and O–H groups in total. The molecule has 4 nitrogen and oxygen atoms in total. The Labute approximate surface area is 107 Å². The Kier molecular flexibility index (Phi) is 4.10. The standard InChI is InChI=1S/C14H19N3O/c1-11(2)17-7-5-13(16-17)9-14(18)8-12-4-3-6-15-10-12/h3-7,10-11,14,18H,8-9H2,1-2H3. The third-order valence-corrected chi connectivity index (χ3v) is 2.83. The maximum atomic E-state index is 10.0. The first-order chi connectivity index (χ1) is 8.65. The SMILES string of the molecule is CC(C)n1ccc(CC(O)Cc2cccnc2)n1. The van der Waals surface area contributed by atoms with E-state index in [1.165, 1.54) is 0 Å². The van der Waals surface area contributed by atoms with E-state index in [9.17, 15) is 5.11 Å². The van der Waals surface area contributed by atoms with Crippen LogP contribution in [-0.4, -0.2) is 26.0 Å². The van der Waals surface area contributed by atoms with Crippen molar-refractivity contribution in [3.05, 3.63) is 48.0 Å². The predicted molar refractivity (Wildman–Crippen MR) is 70.3 cm³/mol. The lowest BCUT2D eigenvalue weighted by Crippen LogP contribution is -2.15. The fourth-order valence-corrected chi connectivity index (χ4v) is 1.88. The molecular formula is C14H19N3O. The van der Waals surface area contributed by atoms with Crippen LogP contribution in [0.4, 0.5) is 0 Å². The molecule has 1 unspecified atom stereocenters. The van der Waals surface area contributed by atoms with Crippen molar-refractivity contribution in [3.63, 3.8) is 0 Å². The zero-order valence-electron chi connectivity index (χ0n) is 10.8. The zero-order chi connectivity index (χ0) is 13.0. The average Bonchev–Trinajstić information content (AvgIpc) is 2.78. The second-order valence-corrected chi connectivity index (χ2v) is 4.80. The zero-order valence-corrected chi connectivity index (χ0v) is 10.8. The van der Waals surface area contributed by atoms with E-state index in [-0.39, 0.29) is 0 Å². The topological polar surface area (TPSA) is 50.9 Å². The summed E-state index contributed by atoms with van der Waals surface area (Å²) in [6.45, 7) is 4.17. The van der Waals surface area contributed by atoms with Crippen LogP contribution in [-0.2, 0) is 12.8 Å². The molecule has 0 spiro atoms. The predicted octanol–water partition coefficient (Wildman–Crippen LogP) is 2.01. The Hall–Kier alpha value is -1.68. The first-order valence-corrected chi connectivity index (χ1v) is 6.26. The summed E-state index contributed by atoms with van der Waals surface area (Å²) in [5.41, 5.74) is 1.98. The fourth-order valence-electron chi connectivity index (χ4n) is 1.88. The van der Waals surface area contributed by atoms with Crippen molar-refractivity contribution >= 4 is 0 Å². The van der Waals surface area contributed by atoms with Crippen LogP contribution in [0.3, 0.4) is 0 Å². The molecule has 2 heterocycles. The van der Waals surface area contributed by atoms with Gasteiger partial charge < -0.3 is 5.11 Å². The molecule has 0 aromatic carbocycles. The summed E-state index contributed by atoms with van der Waals surface area (Å²) < 4.78 is 1.91. The Morgan fingerprint density at radius 1 is 1.28 bits per heavy atom. The highest BCUT2D eigenvalue weighted by molar-refractivity contribution is 5.11. The Morgan fingerprint density at radius 2 is 2.11 bits per heavy atom. The lowest BCUT2D eigenvalue weighted by atomic mass is 10.1. The summed E-state index contributed by atoms with van der Waals surface area (Å²) in [4.78, 5) is 4.04. The molecule has 0 saturated heterocycles. The Bertz CT molecular complexity index is 479. The third-order valence-electron chi connectivity index (χ3n) is 2.83. The van der Waals surface area contributed by atoms with Gasteiger partial charge in [0.2, 0.25) is 0 Å². The van der Waals surface area contributed by atoms with Gasteiger partial charge in [0.15, 0.2) is 0 Å². The van der Waals surface area contributed by atoms with Crippen molar-refractivity contribution < 1.29 is 5.11 Å². The first-order valence-electron chi connectivity index (χ1n) is 6.26. The maximum Gasteiger partial charge on any atom is 0.0650 e. The van der Waals surface area contributed by atoms with Gasteiger partial charge in [0.05, 0.1) is 11.8 Å². The summed E-state index contributed by atoms with van der Waals surface area (Å²) in [7, 11) is 0. The molecule has 0 aliphatic rings. The van der Waals surface area contributed by atoms with Crippen LogP contribution in [0.25, 0.3) is 0 Å². The maximum absolute atomic E-state index is 10.0. The van der Waals surface area contributed by atoms with Crippen LogP contribution in [0.5, 0.6) is 0 Å². The van der Waals surface area contributed by atoms with E-state index < -0.39 is 6.10 Å². The minimum atomic E-state index is -0.412. The molecule has 4 heteroatoms. The Balaban J connectivity index is 1.92. The van der Waals surface area contributed by atoms with Crippen LogP contribution >= 0.6 is 0 Å². The molecular weight excluding hydrogens is 226 g/mol. The van der Waals surface area contributed by atoms with Gasteiger partial charge in [-0.05, 0) is 31.5 Å². The van der Waals surface area contributed by atoms with Gasteiger partial charge in [-0.2, -0.15) is 5.10 Å². The molecule has 18 heavy (non-hydrogen) atoms. The van der Waals surface area contributed by atoms with Crippen molar-refractivity contribution in [1.82, 2.24) is 14.8 Å². The number of rotatable bonds is 5. The van der Waals surface area contributed by atoms with Crippen LogP contribution in [0.2, 0.25) is 0 Å². The molecule has 2 aromatic rings. The molecule has 96 valence electrons. The van der Waals surface area contributed by atoms with Gasteiger partial charge in [-0.15, -0.1) is 0 Å². The van der Waals surface area contributed by atoms with E-state index in [2.05, 4.69) is 23.9 Å². The van der Waals surface area contributed by atoms with Crippen molar-refractivity contribution in [3.8, 4) is 0 Å².